The van der Waals surface area contributed by atoms with Gasteiger partial charge in [0.05, 0.1) is 11.5 Å². The molecule has 0 heterocycles. The first-order valence-corrected chi connectivity index (χ1v) is 3.30. The Morgan fingerprint density at radius 2 is 1.86 bits per heavy atom. The average Bonchev–Trinajstić information content (AvgIpc) is 2.03. The van der Waals surface area contributed by atoms with Crippen LogP contribution in [0.25, 0.3) is 0 Å². The van der Waals surface area contributed by atoms with Crippen LogP contribution in [0.5, 0.6) is 0 Å². The second kappa shape index (κ2) is 4.76. The summed E-state index contributed by atoms with van der Waals surface area (Å²) in [7, 11) is 0. The standard InChI is InChI=1S/C8H5F3O2.Tl/c9-8(10,11)6-3-1-2-5(4-6)7(12)13;/h1-4H,(H,12,13);/q;+1/p-1. The summed E-state index contributed by atoms with van der Waals surface area (Å²) in [6.07, 6.45) is -4.52. The van der Waals surface area contributed by atoms with Gasteiger partial charge in [0, 0.05) is 0 Å². The molecule has 0 aliphatic carbocycles. The van der Waals surface area contributed by atoms with Crippen LogP contribution >= 0.6 is 0 Å². The van der Waals surface area contributed by atoms with E-state index in [9.17, 15) is 23.1 Å². The van der Waals surface area contributed by atoms with Gasteiger partial charge >= 0.3 is 33.5 Å². The molecule has 0 unspecified atom stereocenters. The third-order valence-electron chi connectivity index (χ3n) is 1.43. The number of benzene rings is 1. The van der Waals surface area contributed by atoms with Gasteiger partial charge in [-0.3, -0.25) is 0 Å². The van der Waals surface area contributed by atoms with Crippen LogP contribution in [0, 0.1) is 0 Å². The van der Waals surface area contributed by atoms with Gasteiger partial charge in [0.1, 0.15) is 0 Å². The fraction of sp³-hybridized carbons (Fsp3) is 0.125. The molecule has 0 bridgehead atoms. The number of halogens is 3. The molecule has 0 atom stereocenters. The zero-order valence-electron chi connectivity index (χ0n) is 6.84. The van der Waals surface area contributed by atoms with Gasteiger partial charge < -0.3 is 9.90 Å². The normalized spacial score (nSPS) is 10.5. The van der Waals surface area contributed by atoms with Crippen molar-refractivity contribution in [2.45, 2.75) is 6.18 Å². The predicted octanol–water partition coefficient (Wildman–Crippen LogP) is 0.688. The Morgan fingerprint density at radius 3 is 2.29 bits per heavy atom. The zero-order chi connectivity index (χ0) is 10.1. The maximum absolute atomic E-state index is 12.0. The van der Waals surface area contributed by atoms with E-state index in [0.717, 1.165) is 18.2 Å². The molecule has 0 saturated heterocycles. The van der Waals surface area contributed by atoms with Crippen LogP contribution in [0.1, 0.15) is 15.9 Å². The van der Waals surface area contributed by atoms with Gasteiger partial charge in [-0.2, -0.15) is 13.2 Å². The van der Waals surface area contributed by atoms with Gasteiger partial charge in [0.25, 0.3) is 0 Å². The van der Waals surface area contributed by atoms with E-state index in [0.29, 0.717) is 6.07 Å². The van der Waals surface area contributed by atoms with Crippen molar-refractivity contribution in [2.24, 2.45) is 0 Å². The maximum Gasteiger partial charge on any atom is 1.00 e. The van der Waals surface area contributed by atoms with E-state index in [-0.39, 0.29) is 27.3 Å². The first kappa shape index (κ1) is 13.4. The molecule has 1 rings (SSSR count). The molecule has 0 aliphatic rings. The third kappa shape index (κ3) is 3.28. The fourth-order valence-electron chi connectivity index (χ4n) is 0.822. The van der Waals surface area contributed by atoms with Gasteiger partial charge in [-0.15, -0.1) is 0 Å². The first-order chi connectivity index (χ1) is 5.91. The molecule has 1 aromatic carbocycles. The molecular weight excluding hydrogens is 389 g/mol. The van der Waals surface area contributed by atoms with Crippen LogP contribution in [0.15, 0.2) is 24.3 Å². The van der Waals surface area contributed by atoms with Crippen LogP contribution in [0.2, 0.25) is 0 Å². The molecular formula is C8H4F3O2Tl. The molecule has 2 nitrogen and oxygen atoms in total. The Hall–Kier alpha value is -0.598. The van der Waals surface area contributed by atoms with Crippen LogP contribution in [-0.2, 0) is 6.18 Å². The smallest absolute Gasteiger partial charge is 0.545 e. The second-order valence-electron chi connectivity index (χ2n) is 2.37. The van der Waals surface area contributed by atoms with Crippen molar-refractivity contribution in [3.63, 3.8) is 0 Å². The van der Waals surface area contributed by atoms with Crippen molar-refractivity contribution in [3.05, 3.63) is 35.4 Å². The Balaban J connectivity index is 0.00000169. The number of hydrogen-bond donors (Lipinski definition) is 0. The van der Waals surface area contributed by atoms with Crippen molar-refractivity contribution in [1.82, 2.24) is 0 Å². The summed E-state index contributed by atoms with van der Waals surface area (Å²) in [4.78, 5) is 10.2. The molecule has 0 aliphatic heterocycles. The molecule has 1 aromatic rings. The summed E-state index contributed by atoms with van der Waals surface area (Å²) in [5.74, 6) is -1.62. The maximum atomic E-state index is 12.0. The summed E-state index contributed by atoms with van der Waals surface area (Å²) in [6, 6.07) is 3.40. The Kier molecular flexibility index (Phi) is 4.56. The van der Waals surface area contributed by atoms with E-state index in [4.69, 9.17) is 0 Å². The Bertz CT molecular complexity index is 336. The van der Waals surface area contributed by atoms with Crippen molar-refractivity contribution in [2.75, 3.05) is 0 Å². The van der Waals surface area contributed by atoms with Crippen LogP contribution in [0.3, 0.4) is 0 Å². The van der Waals surface area contributed by atoms with Gasteiger partial charge in [-0.1, -0.05) is 12.1 Å². The summed E-state index contributed by atoms with van der Waals surface area (Å²) < 4.78 is 36.1. The van der Waals surface area contributed by atoms with E-state index < -0.39 is 23.3 Å². The van der Waals surface area contributed by atoms with Crippen molar-refractivity contribution in [3.8, 4) is 0 Å². The van der Waals surface area contributed by atoms with E-state index in [1.54, 1.807) is 0 Å². The third-order valence-corrected chi connectivity index (χ3v) is 1.43. The molecule has 72 valence electrons. The number of carbonyl (C=O) groups excluding carboxylic acids is 1. The van der Waals surface area contributed by atoms with Crippen molar-refractivity contribution < 1.29 is 23.1 Å². The van der Waals surface area contributed by atoms with Gasteiger partial charge in [-0.05, 0) is 17.7 Å². The van der Waals surface area contributed by atoms with E-state index in [1.807, 2.05) is 0 Å². The predicted molar refractivity (Wildman–Crippen MR) is 41.5 cm³/mol. The molecule has 0 spiro atoms. The van der Waals surface area contributed by atoms with E-state index in [2.05, 4.69) is 0 Å². The monoisotopic (exact) mass is 394 g/mol. The number of carbonyl (C=O) groups is 1. The topological polar surface area (TPSA) is 40.1 Å². The van der Waals surface area contributed by atoms with Crippen LogP contribution in [-0.4, -0.2) is 33.3 Å². The Morgan fingerprint density at radius 1 is 1.29 bits per heavy atom. The molecule has 0 N–H and O–H groups in total. The first-order valence-electron chi connectivity index (χ1n) is 3.30. The largest absolute Gasteiger partial charge is 1.00 e. The number of aromatic carboxylic acids is 1. The number of rotatable bonds is 1. The minimum Gasteiger partial charge on any atom is -0.545 e. The number of carboxylic acid groups (broad SMARTS) is 1. The van der Waals surface area contributed by atoms with Gasteiger partial charge in [0.15, 0.2) is 0 Å². The number of hydrogen-bond acceptors (Lipinski definition) is 2. The molecule has 0 saturated carbocycles. The van der Waals surface area contributed by atoms with E-state index in [1.165, 1.54) is 0 Å². The number of carboxylic acids is 1. The van der Waals surface area contributed by atoms with Crippen molar-refractivity contribution >= 4 is 33.3 Å². The molecule has 0 amide bonds. The zero-order valence-corrected chi connectivity index (χ0v) is 11.3. The summed E-state index contributed by atoms with van der Waals surface area (Å²) >= 11 is 0. The number of alkyl halides is 3. The minimum atomic E-state index is -4.52. The molecule has 0 radical (unpaired) electrons. The molecule has 6 heteroatoms. The van der Waals surface area contributed by atoms with Crippen LogP contribution < -0.4 is 5.11 Å². The van der Waals surface area contributed by atoms with Crippen molar-refractivity contribution in [1.29, 1.82) is 0 Å². The summed E-state index contributed by atoms with van der Waals surface area (Å²) in [5, 5.41) is 10.2. The Labute approximate surface area is 97.9 Å². The fourth-order valence-corrected chi connectivity index (χ4v) is 0.822. The molecule has 0 fully saturated rings. The SMILES string of the molecule is O=C([O-])c1cccc(C(F)(F)F)c1.[Tl+]. The average molecular weight is 393 g/mol. The summed E-state index contributed by atoms with van der Waals surface area (Å²) in [6.45, 7) is 0. The minimum absolute atomic E-state index is 0. The van der Waals surface area contributed by atoms with Gasteiger partial charge in [-0.25, -0.2) is 0 Å². The summed E-state index contributed by atoms with van der Waals surface area (Å²) in [5.41, 5.74) is -1.47. The van der Waals surface area contributed by atoms with Crippen LogP contribution in [0.4, 0.5) is 13.2 Å². The second-order valence-corrected chi connectivity index (χ2v) is 2.37. The van der Waals surface area contributed by atoms with E-state index >= 15 is 0 Å². The molecule has 14 heavy (non-hydrogen) atoms. The molecule has 0 aromatic heterocycles. The quantitative estimate of drug-likeness (QED) is 0.659. The van der Waals surface area contributed by atoms with Gasteiger partial charge in [0.2, 0.25) is 0 Å².